The highest BCUT2D eigenvalue weighted by Crippen LogP contribution is 2.30. The second kappa shape index (κ2) is 7.51. The molecule has 0 aromatic heterocycles. The Kier molecular flexibility index (Phi) is 5.41. The van der Waals surface area contributed by atoms with Crippen LogP contribution < -0.4 is 32.0 Å². The zero-order chi connectivity index (χ0) is 19.4. The van der Waals surface area contributed by atoms with Crippen LogP contribution >= 0.6 is 0 Å². The molecule has 14 heteroatoms. The molecule has 1 saturated heterocycles. The maximum absolute atomic E-state index is 11.7. The Hall–Kier alpha value is -3.62. The fraction of sp³-hybridized carbons (Fsp3) is 0.167. The normalized spacial score (nSPS) is 17.1. The average Bonchev–Trinajstić information content (AvgIpc) is 2.90. The van der Waals surface area contributed by atoms with Crippen molar-refractivity contribution in [3.63, 3.8) is 0 Å². The van der Waals surface area contributed by atoms with E-state index in [-0.39, 0.29) is 11.4 Å². The maximum atomic E-state index is 11.7. The molecule has 14 nitrogen and oxygen atoms in total. The number of anilines is 2. The highest BCUT2D eigenvalue weighted by atomic mass is 16.8. The van der Waals surface area contributed by atoms with E-state index in [0.29, 0.717) is 6.07 Å². The van der Waals surface area contributed by atoms with Gasteiger partial charge >= 0.3 is 6.03 Å². The summed E-state index contributed by atoms with van der Waals surface area (Å²) in [6.45, 7) is 0. The van der Waals surface area contributed by atoms with Gasteiger partial charge < -0.3 is 36.8 Å². The van der Waals surface area contributed by atoms with Crippen molar-refractivity contribution in [3.8, 4) is 0 Å². The van der Waals surface area contributed by atoms with Crippen LogP contribution in [0.15, 0.2) is 29.8 Å². The van der Waals surface area contributed by atoms with Gasteiger partial charge in [-0.1, -0.05) is 0 Å². The summed E-state index contributed by atoms with van der Waals surface area (Å²) in [5.41, 5.74) is 3.20. The quantitative estimate of drug-likeness (QED) is 0.156. The molecule has 1 heterocycles. The van der Waals surface area contributed by atoms with Crippen molar-refractivity contribution in [1.82, 2.24) is 21.5 Å². The number of nitrogens with one attached hydrogen (secondary N) is 5. The van der Waals surface area contributed by atoms with E-state index >= 15 is 0 Å². The van der Waals surface area contributed by atoms with Crippen LogP contribution in [-0.2, 0) is 4.79 Å². The molecule has 0 aliphatic carbocycles. The smallest absolute Gasteiger partial charge is 0.322 e. The molecule has 26 heavy (non-hydrogen) atoms. The first-order valence-corrected chi connectivity index (χ1v) is 6.91. The largest absolute Gasteiger partial charge is 0.769 e. The molecular weight excluding hydrogens is 354 g/mol. The number of rotatable bonds is 7. The molecule has 140 valence electrons. The first-order chi connectivity index (χ1) is 12.2. The number of nitrogens with zero attached hydrogens (tertiary/aromatic N) is 2. The molecule has 1 aliphatic heterocycles. The van der Waals surface area contributed by atoms with Gasteiger partial charge in [0.1, 0.15) is 11.4 Å². The number of nitro benzene ring substituents is 1. The first kappa shape index (κ1) is 18.7. The van der Waals surface area contributed by atoms with E-state index in [1.54, 1.807) is 0 Å². The van der Waals surface area contributed by atoms with Crippen LogP contribution in [0.25, 0.3) is 0 Å². The number of hydrogen-bond acceptors (Lipinski definition) is 11. The predicted molar refractivity (Wildman–Crippen MR) is 88.2 cm³/mol. The molecule has 0 spiro atoms. The second-order valence-corrected chi connectivity index (χ2v) is 4.87. The molecule has 3 amide bonds. The maximum Gasteiger partial charge on any atom is 0.322 e. The number of carbonyl (C=O) groups is 2. The minimum Gasteiger partial charge on any atom is -0.769 e. The van der Waals surface area contributed by atoms with Gasteiger partial charge in [-0.05, 0) is 12.1 Å². The topological polar surface area (TPSA) is 207 Å². The first-order valence-electron chi connectivity index (χ1n) is 6.91. The van der Waals surface area contributed by atoms with Crippen LogP contribution in [0.4, 0.5) is 21.9 Å². The number of amides is 3. The molecule has 1 atom stereocenters. The van der Waals surface area contributed by atoms with Gasteiger partial charge in [0, 0.05) is 18.8 Å². The summed E-state index contributed by atoms with van der Waals surface area (Å²) in [6.07, 6.45) is 0. The Balaban J connectivity index is 2.40. The van der Waals surface area contributed by atoms with Crippen LogP contribution in [0.5, 0.6) is 0 Å². The third-order valence-electron chi connectivity index (χ3n) is 3.22. The van der Waals surface area contributed by atoms with Crippen LogP contribution in [0.3, 0.4) is 0 Å². The Morgan fingerprint density at radius 1 is 1.35 bits per heavy atom. The zero-order valence-corrected chi connectivity index (χ0v) is 13.1. The molecule has 2 rings (SSSR count). The number of imide groups is 1. The van der Waals surface area contributed by atoms with Gasteiger partial charge in [-0.25, -0.2) is 10.2 Å². The van der Waals surface area contributed by atoms with Gasteiger partial charge in [0.2, 0.25) is 5.88 Å². The fourth-order valence-corrected chi connectivity index (χ4v) is 2.11. The van der Waals surface area contributed by atoms with Crippen molar-refractivity contribution >= 4 is 29.0 Å². The third-order valence-corrected chi connectivity index (χ3v) is 3.22. The molecule has 0 bridgehead atoms. The molecule has 0 radical (unpaired) electrons. The van der Waals surface area contributed by atoms with Gasteiger partial charge in [-0.3, -0.25) is 20.2 Å². The average molecular weight is 367 g/mol. The summed E-state index contributed by atoms with van der Waals surface area (Å²) in [6, 6.07) is 0.656. The van der Waals surface area contributed by atoms with Crippen LogP contribution in [0, 0.1) is 20.5 Å². The van der Waals surface area contributed by atoms with Crippen molar-refractivity contribution < 1.29 is 19.6 Å². The molecular formula is C12H13N7O7-2. The van der Waals surface area contributed by atoms with E-state index in [0.717, 1.165) is 12.1 Å². The summed E-state index contributed by atoms with van der Waals surface area (Å²) in [7, 11) is 1.41. The van der Waals surface area contributed by atoms with Gasteiger partial charge in [-0.15, -0.1) is 0 Å². The van der Waals surface area contributed by atoms with Crippen molar-refractivity contribution in [1.29, 1.82) is 0 Å². The summed E-state index contributed by atoms with van der Waals surface area (Å²) < 4.78 is 0. The van der Waals surface area contributed by atoms with Gasteiger partial charge in [0.05, 0.1) is 4.92 Å². The lowest BCUT2D eigenvalue weighted by atomic mass is 10.2. The fourth-order valence-electron chi connectivity index (χ4n) is 2.11. The summed E-state index contributed by atoms with van der Waals surface area (Å²) in [5, 5.41) is 48.5. The SMILES string of the molecule is CNNC(=C(O)Nc1ccc(N([O-])[O-])cc1[N+](=O)[O-])C1NC(=O)NC1=O. The number of hydrogen-bond donors (Lipinski definition) is 6. The van der Waals surface area contributed by atoms with E-state index in [1.165, 1.54) is 7.05 Å². The minimum absolute atomic E-state index is 0.233. The number of aliphatic hydroxyl groups is 1. The summed E-state index contributed by atoms with van der Waals surface area (Å²) in [5.74, 6) is -1.49. The zero-order valence-electron chi connectivity index (χ0n) is 13.1. The van der Waals surface area contributed by atoms with Crippen molar-refractivity contribution in [2.45, 2.75) is 6.04 Å². The monoisotopic (exact) mass is 367 g/mol. The van der Waals surface area contributed by atoms with Crippen molar-refractivity contribution in [3.05, 3.63) is 50.3 Å². The van der Waals surface area contributed by atoms with Gasteiger partial charge in [0.25, 0.3) is 11.6 Å². The van der Waals surface area contributed by atoms with Crippen LogP contribution in [0.2, 0.25) is 0 Å². The number of urea groups is 1. The number of hydrazine groups is 1. The van der Waals surface area contributed by atoms with E-state index in [2.05, 4.69) is 21.5 Å². The van der Waals surface area contributed by atoms with E-state index in [1.807, 2.05) is 5.32 Å². The minimum atomic E-state index is -1.29. The van der Waals surface area contributed by atoms with E-state index in [4.69, 9.17) is 0 Å². The highest BCUT2D eigenvalue weighted by Gasteiger charge is 2.35. The Bertz CT molecular complexity index is 779. The molecule has 1 unspecified atom stereocenters. The molecule has 1 aliphatic rings. The van der Waals surface area contributed by atoms with E-state index < -0.39 is 45.4 Å². The Morgan fingerprint density at radius 2 is 2.04 bits per heavy atom. The standard InChI is InChI=1S/C12H13N7O7/c1-13-17-9(8-10(20)16-12(22)15-8)11(21)14-6-3-2-5(18(23)24)4-7(6)19(25)26/h2-4,8,13-14,17,21H,1H3,(H2,15,16,20,22)/q-2. The Morgan fingerprint density at radius 3 is 2.54 bits per heavy atom. The third kappa shape index (κ3) is 3.89. The summed E-state index contributed by atoms with van der Waals surface area (Å²) in [4.78, 5) is 33.2. The second-order valence-electron chi connectivity index (χ2n) is 4.87. The number of benzene rings is 1. The predicted octanol–water partition coefficient (Wildman–Crippen LogP) is -0.532. The van der Waals surface area contributed by atoms with Crippen molar-refractivity contribution in [2.75, 3.05) is 17.6 Å². The van der Waals surface area contributed by atoms with Gasteiger partial charge in [-0.2, -0.15) is 0 Å². The Labute approximate surface area is 145 Å². The number of carbonyl (C=O) groups excluding carboxylic acids is 2. The lowest BCUT2D eigenvalue weighted by Crippen LogP contribution is -2.43. The van der Waals surface area contributed by atoms with Crippen LogP contribution in [0.1, 0.15) is 0 Å². The van der Waals surface area contributed by atoms with Crippen molar-refractivity contribution in [2.24, 2.45) is 0 Å². The number of nitro groups is 1. The molecule has 1 fully saturated rings. The van der Waals surface area contributed by atoms with Gasteiger partial charge in [0.15, 0.2) is 6.04 Å². The molecule has 1 aromatic carbocycles. The summed E-state index contributed by atoms with van der Waals surface area (Å²) >= 11 is 0. The lowest BCUT2D eigenvalue weighted by Gasteiger charge is -2.37. The molecule has 1 aromatic rings. The lowest BCUT2D eigenvalue weighted by molar-refractivity contribution is -0.383. The van der Waals surface area contributed by atoms with Crippen LogP contribution in [-0.4, -0.2) is 35.1 Å². The molecule has 6 N–H and O–H groups in total. The number of aliphatic hydroxyl groups excluding tert-OH is 1. The molecule has 0 saturated carbocycles. The van der Waals surface area contributed by atoms with E-state index in [9.17, 15) is 35.2 Å². The highest BCUT2D eigenvalue weighted by molar-refractivity contribution is 6.05.